The average Bonchev–Trinajstić information content (AvgIpc) is 2.01. The van der Waals surface area contributed by atoms with E-state index in [2.05, 4.69) is 13.8 Å². The van der Waals surface area contributed by atoms with Crippen LogP contribution in [0.4, 0.5) is 0 Å². The lowest BCUT2D eigenvalue weighted by Gasteiger charge is -2.09. The molecule has 0 heterocycles. The molecule has 0 spiro atoms. The highest BCUT2D eigenvalue weighted by Crippen LogP contribution is 2.23. The molecule has 0 fully saturated rings. The number of benzene rings is 1. The van der Waals surface area contributed by atoms with E-state index in [1.165, 1.54) is 0 Å². The minimum atomic E-state index is 0.284. The summed E-state index contributed by atoms with van der Waals surface area (Å²) in [6.07, 6.45) is 0.967. The number of hydrogen-bond acceptors (Lipinski definition) is 2. The largest absolute Gasteiger partial charge is 0.508 e. The van der Waals surface area contributed by atoms with E-state index >= 15 is 0 Å². The molecular formula is C12H18O2. The Morgan fingerprint density at radius 1 is 1.29 bits per heavy atom. The van der Waals surface area contributed by atoms with Gasteiger partial charge in [-0.05, 0) is 37.0 Å². The van der Waals surface area contributed by atoms with Gasteiger partial charge in [-0.25, -0.2) is 0 Å². The molecule has 0 saturated heterocycles. The molecule has 0 bridgehead atoms. The summed E-state index contributed by atoms with van der Waals surface area (Å²) < 4.78 is 5.35. The van der Waals surface area contributed by atoms with E-state index in [1.807, 2.05) is 13.0 Å². The van der Waals surface area contributed by atoms with Crippen molar-refractivity contribution >= 4 is 0 Å². The SMILES string of the molecule is CCOc1cc(O)cc(CC(C)C)c1. The van der Waals surface area contributed by atoms with Crippen LogP contribution in [0.15, 0.2) is 18.2 Å². The lowest BCUT2D eigenvalue weighted by atomic mass is 10.0. The standard InChI is InChI=1S/C12H18O2/c1-4-14-12-7-10(5-9(2)3)6-11(13)8-12/h6-9,13H,4-5H2,1-3H3. The number of ether oxygens (including phenoxy) is 1. The molecule has 0 aromatic heterocycles. The highest BCUT2D eigenvalue weighted by atomic mass is 16.5. The van der Waals surface area contributed by atoms with Gasteiger partial charge in [0.15, 0.2) is 0 Å². The summed E-state index contributed by atoms with van der Waals surface area (Å²) >= 11 is 0. The van der Waals surface area contributed by atoms with Crippen LogP contribution in [0.3, 0.4) is 0 Å². The van der Waals surface area contributed by atoms with Crippen molar-refractivity contribution in [2.24, 2.45) is 5.92 Å². The van der Waals surface area contributed by atoms with Gasteiger partial charge in [0.05, 0.1) is 6.61 Å². The summed E-state index contributed by atoms with van der Waals surface area (Å²) in [4.78, 5) is 0. The number of rotatable bonds is 4. The van der Waals surface area contributed by atoms with Crippen LogP contribution in [-0.4, -0.2) is 11.7 Å². The second kappa shape index (κ2) is 4.89. The Hall–Kier alpha value is -1.18. The Bertz CT molecular complexity index is 292. The van der Waals surface area contributed by atoms with E-state index in [4.69, 9.17) is 4.74 Å². The molecule has 0 aliphatic heterocycles. The van der Waals surface area contributed by atoms with Gasteiger partial charge in [0.2, 0.25) is 0 Å². The quantitative estimate of drug-likeness (QED) is 0.798. The molecule has 1 N–H and O–H groups in total. The molecule has 14 heavy (non-hydrogen) atoms. The molecule has 0 aliphatic rings. The molecule has 0 unspecified atom stereocenters. The van der Waals surface area contributed by atoms with Crippen molar-refractivity contribution in [1.82, 2.24) is 0 Å². The molecule has 0 saturated carbocycles. The maximum atomic E-state index is 9.45. The molecule has 1 aromatic rings. The fourth-order valence-corrected chi connectivity index (χ4v) is 1.48. The Morgan fingerprint density at radius 3 is 2.57 bits per heavy atom. The Balaban J connectivity index is 2.83. The van der Waals surface area contributed by atoms with Crippen molar-refractivity contribution in [3.63, 3.8) is 0 Å². The highest BCUT2D eigenvalue weighted by Gasteiger charge is 2.02. The third kappa shape index (κ3) is 3.29. The van der Waals surface area contributed by atoms with Crippen LogP contribution in [0.1, 0.15) is 26.3 Å². The third-order valence-corrected chi connectivity index (χ3v) is 1.91. The highest BCUT2D eigenvalue weighted by molar-refractivity contribution is 5.37. The van der Waals surface area contributed by atoms with E-state index in [-0.39, 0.29) is 5.75 Å². The van der Waals surface area contributed by atoms with Crippen LogP contribution < -0.4 is 4.74 Å². The summed E-state index contributed by atoms with van der Waals surface area (Å²) in [5, 5.41) is 9.45. The molecule has 1 aromatic carbocycles. The Morgan fingerprint density at radius 2 is 2.00 bits per heavy atom. The van der Waals surface area contributed by atoms with E-state index in [0.717, 1.165) is 17.7 Å². The Labute approximate surface area is 85.5 Å². The number of phenolic OH excluding ortho intramolecular Hbond substituents is 1. The van der Waals surface area contributed by atoms with Gasteiger partial charge in [0.25, 0.3) is 0 Å². The maximum absolute atomic E-state index is 9.45. The summed E-state index contributed by atoms with van der Waals surface area (Å²) in [5.41, 5.74) is 1.13. The van der Waals surface area contributed by atoms with Crippen molar-refractivity contribution in [2.45, 2.75) is 27.2 Å². The van der Waals surface area contributed by atoms with Gasteiger partial charge >= 0.3 is 0 Å². The molecule has 2 nitrogen and oxygen atoms in total. The van der Waals surface area contributed by atoms with Gasteiger partial charge in [0, 0.05) is 6.07 Å². The van der Waals surface area contributed by atoms with Gasteiger partial charge < -0.3 is 9.84 Å². The van der Waals surface area contributed by atoms with Crippen molar-refractivity contribution in [1.29, 1.82) is 0 Å². The average molecular weight is 194 g/mol. The fourth-order valence-electron chi connectivity index (χ4n) is 1.48. The van der Waals surface area contributed by atoms with E-state index in [0.29, 0.717) is 12.5 Å². The van der Waals surface area contributed by atoms with E-state index < -0.39 is 0 Å². The molecule has 0 amide bonds. The fraction of sp³-hybridized carbons (Fsp3) is 0.500. The van der Waals surface area contributed by atoms with Crippen LogP contribution >= 0.6 is 0 Å². The molecule has 0 atom stereocenters. The summed E-state index contributed by atoms with van der Waals surface area (Å²) in [7, 11) is 0. The number of aromatic hydroxyl groups is 1. The molecular weight excluding hydrogens is 176 g/mol. The van der Waals surface area contributed by atoms with Gasteiger partial charge in [-0.1, -0.05) is 13.8 Å². The number of phenols is 1. The van der Waals surface area contributed by atoms with Gasteiger partial charge in [-0.15, -0.1) is 0 Å². The van der Waals surface area contributed by atoms with Crippen LogP contribution in [0, 0.1) is 5.92 Å². The Kier molecular flexibility index (Phi) is 3.81. The van der Waals surface area contributed by atoms with Gasteiger partial charge in [-0.2, -0.15) is 0 Å². The van der Waals surface area contributed by atoms with Crippen LogP contribution in [-0.2, 0) is 6.42 Å². The first-order valence-corrected chi connectivity index (χ1v) is 5.07. The summed E-state index contributed by atoms with van der Waals surface area (Å²) in [5.74, 6) is 1.63. The van der Waals surface area contributed by atoms with Crippen LogP contribution in [0.25, 0.3) is 0 Å². The monoisotopic (exact) mass is 194 g/mol. The van der Waals surface area contributed by atoms with Crippen LogP contribution in [0.2, 0.25) is 0 Å². The molecule has 0 aliphatic carbocycles. The van der Waals surface area contributed by atoms with Crippen LogP contribution in [0.5, 0.6) is 11.5 Å². The minimum absolute atomic E-state index is 0.284. The second-order valence-corrected chi connectivity index (χ2v) is 3.87. The lowest BCUT2D eigenvalue weighted by molar-refractivity contribution is 0.337. The first kappa shape index (κ1) is 10.9. The molecule has 0 radical (unpaired) electrons. The molecule has 78 valence electrons. The van der Waals surface area contributed by atoms with Crippen molar-refractivity contribution in [3.05, 3.63) is 23.8 Å². The zero-order chi connectivity index (χ0) is 10.6. The van der Waals surface area contributed by atoms with E-state index in [9.17, 15) is 5.11 Å². The van der Waals surface area contributed by atoms with Gasteiger partial charge in [0.1, 0.15) is 11.5 Å². The normalized spacial score (nSPS) is 10.6. The first-order chi connectivity index (χ1) is 6.61. The summed E-state index contributed by atoms with van der Waals surface area (Å²) in [6, 6.07) is 5.43. The molecule has 1 rings (SSSR count). The summed E-state index contributed by atoms with van der Waals surface area (Å²) in [6.45, 7) is 6.88. The zero-order valence-electron chi connectivity index (χ0n) is 9.08. The lowest BCUT2D eigenvalue weighted by Crippen LogP contribution is -1.96. The smallest absolute Gasteiger partial charge is 0.123 e. The second-order valence-electron chi connectivity index (χ2n) is 3.87. The zero-order valence-corrected chi connectivity index (χ0v) is 9.08. The maximum Gasteiger partial charge on any atom is 0.123 e. The number of hydrogen-bond donors (Lipinski definition) is 1. The minimum Gasteiger partial charge on any atom is -0.508 e. The first-order valence-electron chi connectivity index (χ1n) is 5.07. The molecule has 2 heteroatoms. The van der Waals surface area contributed by atoms with Crippen molar-refractivity contribution in [2.75, 3.05) is 6.61 Å². The topological polar surface area (TPSA) is 29.5 Å². The van der Waals surface area contributed by atoms with E-state index in [1.54, 1.807) is 12.1 Å². The van der Waals surface area contributed by atoms with Crippen molar-refractivity contribution in [3.8, 4) is 11.5 Å². The predicted molar refractivity (Wildman–Crippen MR) is 57.8 cm³/mol. The predicted octanol–water partition coefficient (Wildman–Crippen LogP) is 2.99. The van der Waals surface area contributed by atoms with Gasteiger partial charge in [-0.3, -0.25) is 0 Å². The third-order valence-electron chi connectivity index (χ3n) is 1.91. The van der Waals surface area contributed by atoms with Crippen molar-refractivity contribution < 1.29 is 9.84 Å².